The molecule has 9 aromatic carbocycles. The van der Waals surface area contributed by atoms with E-state index < -0.39 is 5.41 Å². The van der Waals surface area contributed by atoms with Crippen LogP contribution in [-0.2, 0) is 5.41 Å². The Balaban J connectivity index is 1.15. The predicted molar refractivity (Wildman–Crippen MR) is 248 cm³/mol. The summed E-state index contributed by atoms with van der Waals surface area (Å²) in [6, 6.07) is 76.4. The molecule has 0 unspecified atom stereocenters. The van der Waals surface area contributed by atoms with Crippen LogP contribution in [0.15, 0.2) is 206 Å². The number of anilines is 6. The van der Waals surface area contributed by atoms with Gasteiger partial charge in [-0.3, -0.25) is 0 Å². The highest BCUT2D eigenvalue weighted by molar-refractivity contribution is 6.73. The zero-order valence-electron chi connectivity index (χ0n) is 32.2. The number of nitrogens with one attached hydrogen (secondary N) is 1. The third kappa shape index (κ3) is 4.38. The molecule has 0 saturated heterocycles. The lowest BCUT2D eigenvalue weighted by Crippen LogP contribution is -2.47. The molecule has 59 heavy (non-hydrogen) atoms. The highest BCUT2D eigenvalue weighted by Gasteiger charge is 2.53. The Labute approximate surface area is 343 Å². The van der Waals surface area contributed by atoms with Crippen LogP contribution in [0.1, 0.15) is 22.3 Å². The lowest BCUT2D eigenvalue weighted by Gasteiger charge is -2.48. The fourth-order valence-electron chi connectivity index (χ4n) is 10.9. The number of para-hydroxylation sites is 6. The van der Waals surface area contributed by atoms with Gasteiger partial charge in [0.1, 0.15) is 0 Å². The van der Waals surface area contributed by atoms with Crippen molar-refractivity contribution in [2.45, 2.75) is 5.41 Å². The summed E-state index contributed by atoms with van der Waals surface area (Å²) in [5.41, 5.74) is 22.0. The monoisotopic (exact) mass is 749 g/mol. The van der Waals surface area contributed by atoms with Crippen molar-refractivity contribution in [3.8, 4) is 22.3 Å². The van der Waals surface area contributed by atoms with Crippen LogP contribution >= 0.6 is 0 Å². The predicted octanol–water partition coefficient (Wildman–Crippen LogP) is 12.3. The molecule has 0 atom stereocenters. The summed E-state index contributed by atoms with van der Waals surface area (Å²) < 4.78 is 0. The second kappa shape index (κ2) is 12.2. The quantitative estimate of drug-likeness (QED) is 0.181. The molecular weight excluding hydrogens is 713 g/mol. The molecular formula is C55H36BN3. The normalized spacial score (nSPS) is 13.7. The van der Waals surface area contributed by atoms with Gasteiger partial charge in [0.25, 0.3) is 0 Å². The van der Waals surface area contributed by atoms with Crippen molar-refractivity contribution in [1.29, 1.82) is 0 Å². The Morgan fingerprint density at radius 3 is 1.75 bits per heavy atom. The minimum atomic E-state index is -0.459. The van der Waals surface area contributed by atoms with Crippen LogP contribution in [0.2, 0.25) is 0 Å². The van der Waals surface area contributed by atoms with Gasteiger partial charge in [-0.25, -0.2) is 0 Å². The van der Waals surface area contributed by atoms with E-state index in [1.165, 1.54) is 83.3 Å². The van der Waals surface area contributed by atoms with E-state index in [2.05, 4.69) is 221 Å². The van der Waals surface area contributed by atoms with Gasteiger partial charge in [0, 0.05) is 50.3 Å². The van der Waals surface area contributed by atoms with Crippen molar-refractivity contribution < 1.29 is 0 Å². The van der Waals surface area contributed by atoms with E-state index >= 15 is 0 Å². The lowest BCUT2D eigenvalue weighted by atomic mass is 9.54. The standard InChI is InChI=1S/C55H36BN3/c1-3-17-35(18-4-1)58(36-19-5-2-6-20-36)37-33-43(42-25-15-24-41-40-23-9-13-31-49(40)57-53(41)42)52-51(34-37)59-50-32-14-12-28-46(50)55(47-29-16-30-48(56-52)54(47)59)44-26-10-7-21-38(44)39-22-8-11-27-45(39)55/h1-34,56-57H. The molecule has 1 spiro atoms. The Bertz CT molecular complexity index is 3250. The Morgan fingerprint density at radius 1 is 0.424 bits per heavy atom. The summed E-state index contributed by atoms with van der Waals surface area (Å²) in [6.45, 7) is 0. The van der Waals surface area contributed by atoms with Gasteiger partial charge in [-0.1, -0.05) is 163 Å². The maximum absolute atomic E-state index is 3.87. The maximum atomic E-state index is 3.87. The Morgan fingerprint density at radius 2 is 1.00 bits per heavy atom. The molecule has 0 bridgehead atoms. The first-order chi connectivity index (χ1) is 29.3. The zero-order valence-corrected chi connectivity index (χ0v) is 32.2. The molecule has 0 amide bonds. The average Bonchev–Trinajstić information content (AvgIpc) is 3.83. The molecule has 1 aliphatic carbocycles. The van der Waals surface area contributed by atoms with E-state index in [-0.39, 0.29) is 0 Å². The van der Waals surface area contributed by atoms with Gasteiger partial charge in [0.2, 0.25) is 0 Å². The molecule has 0 saturated carbocycles. The van der Waals surface area contributed by atoms with Crippen molar-refractivity contribution in [2.24, 2.45) is 0 Å². The number of hydrogen-bond donors (Lipinski definition) is 1. The van der Waals surface area contributed by atoms with Gasteiger partial charge in [-0.15, -0.1) is 0 Å². The molecule has 0 radical (unpaired) electrons. The molecule has 3 aliphatic rings. The molecule has 3 heterocycles. The molecule has 1 aromatic heterocycles. The fraction of sp³-hybridized carbons (Fsp3) is 0.0182. The molecule has 4 heteroatoms. The van der Waals surface area contributed by atoms with E-state index in [0.29, 0.717) is 0 Å². The van der Waals surface area contributed by atoms with E-state index in [9.17, 15) is 0 Å². The minimum absolute atomic E-state index is 0.459. The van der Waals surface area contributed by atoms with Gasteiger partial charge in [0.05, 0.1) is 16.6 Å². The second-order valence-corrected chi connectivity index (χ2v) is 16.1. The van der Waals surface area contributed by atoms with Gasteiger partial charge < -0.3 is 14.8 Å². The number of fused-ring (bicyclic) bond motifs is 14. The van der Waals surface area contributed by atoms with Crippen molar-refractivity contribution in [3.05, 3.63) is 229 Å². The van der Waals surface area contributed by atoms with Gasteiger partial charge in [-0.2, -0.15) is 0 Å². The molecule has 10 aromatic rings. The number of nitrogens with zero attached hydrogens (tertiary/aromatic N) is 2. The van der Waals surface area contributed by atoms with Crippen LogP contribution in [0.4, 0.5) is 34.1 Å². The average molecular weight is 750 g/mol. The molecule has 2 aliphatic heterocycles. The van der Waals surface area contributed by atoms with Crippen LogP contribution in [-0.4, -0.2) is 12.3 Å². The third-order valence-corrected chi connectivity index (χ3v) is 13.2. The van der Waals surface area contributed by atoms with Gasteiger partial charge in [0.15, 0.2) is 7.28 Å². The number of rotatable bonds is 4. The molecule has 274 valence electrons. The van der Waals surface area contributed by atoms with E-state index in [0.717, 1.165) is 35.4 Å². The van der Waals surface area contributed by atoms with Crippen molar-refractivity contribution >= 4 is 74.1 Å². The summed E-state index contributed by atoms with van der Waals surface area (Å²) in [6.07, 6.45) is 0. The molecule has 0 fully saturated rings. The first kappa shape index (κ1) is 32.5. The molecule has 1 N–H and O–H groups in total. The topological polar surface area (TPSA) is 22.3 Å². The maximum Gasteiger partial charge on any atom is 0.198 e. The summed E-state index contributed by atoms with van der Waals surface area (Å²) in [5.74, 6) is 0. The summed E-state index contributed by atoms with van der Waals surface area (Å²) >= 11 is 0. The number of aromatic amines is 1. The number of benzene rings is 9. The SMILES string of the molecule is B1c2cccc3c2N(c2ccccc2C32c3ccccc3-c3ccccc32)c2cc(N(c3ccccc3)c3ccccc3)cc(-c3cccc4c3[nH]c3ccccc34)c21. The summed E-state index contributed by atoms with van der Waals surface area (Å²) in [4.78, 5) is 8.89. The lowest BCUT2D eigenvalue weighted by molar-refractivity contribution is 0.754. The van der Waals surface area contributed by atoms with Gasteiger partial charge >= 0.3 is 0 Å². The van der Waals surface area contributed by atoms with Crippen LogP contribution in [0.5, 0.6) is 0 Å². The molecule has 13 rings (SSSR count). The van der Waals surface area contributed by atoms with Crippen molar-refractivity contribution in [1.82, 2.24) is 4.98 Å². The smallest absolute Gasteiger partial charge is 0.198 e. The van der Waals surface area contributed by atoms with Crippen molar-refractivity contribution in [2.75, 3.05) is 9.80 Å². The Hall–Kier alpha value is -7.56. The first-order valence-corrected chi connectivity index (χ1v) is 20.6. The van der Waals surface area contributed by atoms with E-state index in [4.69, 9.17) is 0 Å². The largest absolute Gasteiger partial charge is 0.354 e. The summed E-state index contributed by atoms with van der Waals surface area (Å²) in [5, 5.41) is 2.48. The Kier molecular flexibility index (Phi) is 6.74. The summed E-state index contributed by atoms with van der Waals surface area (Å²) in [7, 11) is 0.805. The first-order valence-electron chi connectivity index (χ1n) is 20.6. The third-order valence-electron chi connectivity index (χ3n) is 13.2. The van der Waals surface area contributed by atoms with Crippen molar-refractivity contribution in [3.63, 3.8) is 0 Å². The van der Waals surface area contributed by atoms with Crippen LogP contribution in [0.3, 0.4) is 0 Å². The van der Waals surface area contributed by atoms with Crippen LogP contribution < -0.4 is 20.7 Å². The highest BCUT2D eigenvalue weighted by atomic mass is 15.2. The fourth-order valence-corrected chi connectivity index (χ4v) is 10.9. The number of aromatic nitrogens is 1. The second-order valence-electron chi connectivity index (χ2n) is 16.1. The van der Waals surface area contributed by atoms with E-state index in [1.807, 2.05) is 0 Å². The minimum Gasteiger partial charge on any atom is -0.354 e. The zero-order chi connectivity index (χ0) is 38.7. The number of H-pyrrole nitrogens is 1. The number of hydrogen-bond acceptors (Lipinski definition) is 2. The van der Waals surface area contributed by atoms with Crippen LogP contribution in [0, 0.1) is 0 Å². The highest BCUT2D eigenvalue weighted by Crippen LogP contribution is 2.63. The van der Waals surface area contributed by atoms with Gasteiger partial charge in [-0.05, 0) is 92.9 Å². The molecule has 3 nitrogen and oxygen atoms in total. The van der Waals surface area contributed by atoms with Crippen LogP contribution in [0.25, 0.3) is 44.1 Å². The van der Waals surface area contributed by atoms with E-state index in [1.54, 1.807) is 0 Å².